The predicted molar refractivity (Wildman–Crippen MR) is 81.7 cm³/mol. The van der Waals surface area contributed by atoms with Crippen molar-refractivity contribution in [1.29, 1.82) is 0 Å². The monoisotopic (exact) mass is 306 g/mol. The highest BCUT2D eigenvalue weighted by molar-refractivity contribution is 7.99. The number of ether oxygens (including phenoxy) is 1. The molecule has 0 saturated carbocycles. The average Bonchev–Trinajstić information content (AvgIpc) is 2.66. The summed E-state index contributed by atoms with van der Waals surface area (Å²) in [4.78, 5) is 27.1. The number of nitrogens with zero attached hydrogens (tertiary/aromatic N) is 1. The van der Waals surface area contributed by atoms with Crippen molar-refractivity contribution in [2.24, 2.45) is 0 Å². The number of fused-ring (bicyclic) bond motifs is 1. The Morgan fingerprint density at radius 2 is 2.33 bits per heavy atom. The van der Waals surface area contributed by atoms with Crippen molar-refractivity contribution in [3.05, 3.63) is 23.8 Å². The Morgan fingerprint density at radius 1 is 1.48 bits per heavy atom. The molecule has 3 rings (SSSR count). The third kappa shape index (κ3) is 3.06. The Labute approximate surface area is 128 Å². The number of amides is 2. The highest BCUT2D eigenvalue weighted by Crippen LogP contribution is 2.32. The van der Waals surface area contributed by atoms with Gasteiger partial charge in [0.15, 0.2) is 0 Å². The lowest BCUT2D eigenvalue weighted by Gasteiger charge is -2.33. The molecule has 2 heterocycles. The molecule has 1 atom stereocenters. The molecule has 1 fully saturated rings. The molecule has 6 heteroatoms. The Morgan fingerprint density at radius 3 is 3.14 bits per heavy atom. The molecular formula is C15H18N2O3S. The van der Waals surface area contributed by atoms with Crippen LogP contribution in [0.5, 0.6) is 0 Å². The first-order valence-corrected chi connectivity index (χ1v) is 8.09. The van der Waals surface area contributed by atoms with Gasteiger partial charge in [0.1, 0.15) is 0 Å². The summed E-state index contributed by atoms with van der Waals surface area (Å²) in [5.41, 5.74) is 1.36. The van der Waals surface area contributed by atoms with Crippen molar-refractivity contribution in [1.82, 2.24) is 4.90 Å². The van der Waals surface area contributed by atoms with E-state index in [0.717, 1.165) is 16.3 Å². The van der Waals surface area contributed by atoms with Crippen LogP contribution in [0.2, 0.25) is 0 Å². The number of rotatable bonds is 1. The van der Waals surface area contributed by atoms with Crippen LogP contribution in [0.4, 0.5) is 5.69 Å². The van der Waals surface area contributed by atoms with Crippen LogP contribution in [-0.2, 0) is 9.53 Å². The largest absolute Gasteiger partial charge is 0.377 e. The third-order valence-corrected chi connectivity index (χ3v) is 4.79. The summed E-state index contributed by atoms with van der Waals surface area (Å²) < 4.78 is 5.36. The van der Waals surface area contributed by atoms with E-state index < -0.39 is 0 Å². The topological polar surface area (TPSA) is 58.6 Å². The average molecular weight is 306 g/mol. The molecule has 0 unspecified atom stereocenters. The lowest BCUT2D eigenvalue weighted by molar-refractivity contribution is -0.115. The molecule has 112 valence electrons. The number of hydrogen-bond donors (Lipinski definition) is 1. The van der Waals surface area contributed by atoms with Crippen molar-refractivity contribution in [2.45, 2.75) is 24.3 Å². The summed E-state index contributed by atoms with van der Waals surface area (Å²) in [7, 11) is 0. The molecule has 0 radical (unpaired) electrons. The molecule has 1 aromatic carbocycles. The van der Waals surface area contributed by atoms with Gasteiger partial charge in [-0.25, -0.2) is 0 Å². The van der Waals surface area contributed by atoms with Crippen LogP contribution >= 0.6 is 11.8 Å². The minimum absolute atomic E-state index is 0.00269. The van der Waals surface area contributed by atoms with Gasteiger partial charge >= 0.3 is 0 Å². The van der Waals surface area contributed by atoms with Gasteiger partial charge in [0.25, 0.3) is 5.91 Å². The van der Waals surface area contributed by atoms with Crippen molar-refractivity contribution in [3.8, 4) is 0 Å². The van der Waals surface area contributed by atoms with Crippen LogP contribution in [0, 0.1) is 0 Å². The first-order chi connectivity index (χ1) is 10.1. The quantitative estimate of drug-likeness (QED) is 0.862. The molecule has 0 aromatic heterocycles. The molecular weight excluding hydrogens is 288 g/mol. The van der Waals surface area contributed by atoms with E-state index in [-0.39, 0.29) is 17.9 Å². The highest BCUT2D eigenvalue weighted by atomic mass is 32.2. The van der Waals surface area contributed by atoms with E-state index in [9.17, 15) is 9.59 Å². The van der Waals surface area contributed by atoms with Gasteiger partial charge in [-0.2, -0.15) is 0 Å². The lowest BCUT2D eigenvalue weighted by Crippen LogP contribution is -2.47. The molecule has 2 aliphatic rings. The van der Waals surface area contributed by atoms with Gasteiger partial charge < -0.3 is 15.0 Å². The number of morpholine rings is 1. The number of carbonyl (C=O) groups is 2. The Balaban J connectivity index is 1.85. The highest BCUT2D eigenvalue weighted by Gasteiger charge is 2.25. The number of carbonyl (C=O) groups excluding carboxylic acids is 2. The van der Waals surface area contributed by atoms with Crippen molar-refractivity contribution in [3.63, 3.8) is 0 Å². The maximum atomic E-state index is 12.6. The number of thioether (sulfide) groups is 1. The number of anilines is 1. The molecule has 1 N–H and O–H groups in total. The molecule has 1 aromatic rings. The standard InChI is InChI=1S/C15H18N2O3S/c1-10-9-20-6-5-17(10)15(19)11-2-3-13-12(8-11)16-14(18)4-7-21-13/h2-3,8,10H,4-7,9H2,1H3,(H,16,18)/t10-/m1/s1. The minimum atomic E-state index is -0.00269. The molecule has 0 spiro atoms. The van der Waals surface area contributed by atoms with Gasteiger partial charge in [-0.15, -0.1) is 11.8 Å². The van der Waals surface area contributed by atoms with Gasteiger partial charge in [0, 0.05) is 29.2 Å². The van der Waals surface area contributed by atoms with E-state index in [0.29, 0.717) is 31.7 Å². The van der Waals surface area contributed by atoms with E-state index in [4.69, 9.17) is 4.74 Å². The van der Waals surface area contributed by atoms with Crippen LogP contribution in [0.3, 0.4) is 0 Å². The zero-order chi connectivity index (χ0) is 14.8. The molecule has 2 aliphatic heterocycles. The zero-order valence-corrected chi connectivity index (χ0v) is 12.7. The molecule has 0 bridgehead atoms. The molecule has 2 amide bonds. The fraction of sp³-hybridized carbons (Fsp3) is 0.467. The van der Waals surface area contributed by atoms with Crippen molar-refractivity contribution in [2.75, 3.05) is 30.8 Å². The Bertz CT molecular complexity index is 576. The molecule has 5 nitrogen and oxygen atoms in total. The Kier molecular flexibility index (Phi) is 4.17. The minimum Gasteiger partial charge on any atom is -0.377 e. The number of benzene rings is 1. The first kappa shape index (κ1) is 14.4. The summed E-state index contributed by atoms with van der Waals surface area (Å²) >= 11 is 1.64. The van der Waals surface area contributed by atoms with E-state index in [1.807, 2.05) is 24.0 Å². The van der Waals surface area contributed by atoms with Crippen LogP contribution in [0.1, 0.15) is 23.7 Å². The maximum Gasteiger partial charge on any atom is 0.254 e. The van der Waals surface area contributed by atoms with E-state index >= 15 is 0 Å². The fourth-order valence-corrected chi connectivity index (χ4v) is 3.48. The van der Waals surface area contributed by atoms with Gasteiger partial charge in [-0.05, 0) is 25.1 Å². The summed E-state index contributed by atoms with van der Waals surface area (Å²) in [6.45, 7) is 3.74. The second kappa shape index (κ2) is 6.07. The second-order valence-electron chi connectivity index (χ2n) is 5.28. The summed E-state index contributed by atoms with van der Waals surface area (Å²) in [5, 5.41) is 2.88. The first-order valence-electron chi connectivity index (χ1n) is 7.10. The van der Waals surface area contributed by atoms with Gasteiger partial charge in [0.2, 0.25) is 5.91 Å². The van der Waals surface area contributed by atoms with Crippen LogP contribution in [0.15, 0.2) is 23.1 Å². The molecule has 1 saturated heterocycles. The maximum absolute atomic E-state index is 12.6. The Hall–Kier alpha value is -1.53. The third-order valence-electron chi connectivity index (χ3n) is 3.72. The number of hydrogen-bond acceptors (Lipinski definition) is 4. The van der Waals surface area contributed by atoms with Gasteiger partial charge in [0.05, 0.1) is 24.9 Å². The van der Waals surface area contributed by atoms with Crippen LogP contribution in [0.25, 0.3) is 0 Å². The van der Waals surface area contributed by atoms with Gasteiger partial charge in [-0.3, -0.25) is 9.59 Å². The SMILES string of the molecule is C[C@@H]1COCCN1C(=O)c1ccc2c(c1)NC(=O)CCS2. The fourth-order valence-electron chi connectivity index (χ4n) is 2.55. The smallest absolute Gasteiger partial charge is 0.254 e. The summed E-state index contributed by atoms with van der Waals surface area (Å²) in [5.74, 6) is 0.773. The zero-order valence-electron chi connectivity index (χ0n) is 11.9. The summed E-state index contributed by atoms with van der Waals surface area (Å²) in [6.07, 6.45) is 0.503. The van der Waals surface area contributed by atoms with Crippen LogP contribution < -0.4 is 5.32 Å². The van der Waals surface area contributed by atoms with Crippen LogP contribution in [-0.4, -0.2) is 48.3 Å². The van der Waals surface area contributed by atoms with E-state index in [2.05, 4.69) is 5.32 Å². The van der Waals surface area contributed by atoms with Crippen molar-refractivity contribution < 1.29 is 14.3 Å². The predicted octanol–water partition coefficient (Wildman–Crippen LogP) is 1.98. The normalized spacial score (nSPS) is 22.2. The molecule has 21 heavy (non-hydrogen) atoms. The summed E-state index contributed by atoms with van der Waals surface area (Å²) in [6, 6.07) is 5.63. The van der Waals surface area contributed by atoms with E-state index in [1.54, 1.807) is 17.8 Å². The molecule has 0 aliphatic carbocycles. The van der Waals surface area contributed by atoms with Gasteiger partial charge in [-0.1, -0.05) is 0 Å². The van der Waals surface area contributed by atoms with Crippen molar-refractivity contribution >= 4 is 29.3 Å². The number of nitrogens with one attached hydrogen (secondary N) is 1. The second-order valence-corrected chi connectivity index (χ2v) is 6.42. The van der Waals surface area contributed by atoms with E-state index in [1.165, 1.54) is 0 Å². The lowest BCUT2D eigenvalue weighted by atomic mass is 10.1.